The topological polar surface area (TPSA) is 67.2 Å². The number of aromatic nitrogens is 1. The van der Waals surface area contributed by atoms with E-state index in [1.165, 1.54) is 11.3 Å². The minimum Gasteiger partial charge on any atom is -0.360 e. The molecule has 0 aliphatic heterocycles. The highest BCUT2D eigenvalue weighted by Crippen LogP contribution is 2.26. The van der Waals surface area contributed by atoms with E-state index < -0.39 is 0 Å². The summed E-state index contributed by atoms with van der Waals surface area (Å²) in [6, 6.07) is 4.89. The molecule has 0 unspecified atom stereocenters. The largest absolute Gasteiger partial charge is 0.360 e. The van der Waals surface area contributed by atoms with Crippen molar-refractivity contribution in [2.75, 3.05) is 5.32 Å². The number of nitrogens with one attached hydrogen (secondary N) is 2. The van der Waals surface area contributed by atoms with Crippen LogP contribution >= 0.6 is 22.9 Å². The van der Waals surface area contributed by atoms with Crippen molar-refractivity contribution < 1.29 is 9.32 Å². The summed E-state index contributed by atoms with van der Waals surface area (Å²) in [4.78, 5) is 12.7. The highest BCUT2D eigenvalue weighted by molar-refractivity contribution is 7.16. The van der Waals surface area contributed by atoms with Crippen LogP contribution in [-0.4, -0.2) is 11.2 Å². The molecule has 2 amide bonds. The van der Waals surface area contributed by atoms with E-state index in [-0.39, 0.29) is 12.1 Å². The second kappa shape index (κ2) is 5.41. The molecule has 0 saturated heterocycles. The first-order chi connectivity index (χ1) is 8.54. The molecule has 2 heterocycles. The molecule has 96 valence electrons. The highest BCUT2D eigenvalue weighted by Gasteiger charge is 2.12. The van der Waals surface area contributed by atoms with E-state index >= 15 is 0 Å². The molecule has 2 aromatic rings. The summed E-state index contributed by atoms with van der Waals surface area (Å²) in [5, 5.41) is 9.05. The molecule has 0 aliphatic rings. The Morgan fingerprint density at radius 1 is 1.56 bits per heavy atom. The monoisotopic (exact) mass is 285 g/mol. The van der Waals surface area contributed by atoms with Gasteiger partial charge in [0.15, 0.2) is 5.82 Å². The van der Waals surface area contributed by atoms with E-state index in [0.717, 1.165) is 4.88 Å². The van der Waals surface area contributed by atoms with Crippen molar-refractivity contribution in [2.45, 2.75) is 19.9 Å². The van der Waals surface area contributed by atoms with Gasteiger partial charge in [0.05, 0.1) is 10.4 Å². The van der Waals surface area contributed by atoms with Gasteiger partial charge in [-0.25, -0.2) is 4.79 Å². The van der Waals surface area contributed by atoms with Gasteiger partial charge < -0.3 is 9.84 Å². The Hall–Kier alpha value is -1.53. The van der Waals surface area contributed by atoms with Crippen LogP contribution in [0.2, 0.25) is 4.34 Å². The van der Waals surface area contributed by atoms with Crippen LogP contribution in [0.5, 0.6) is 0 Å². The first-order valence-corrected chi connectivity index (χ1v) is 6.50. The molecule has 0 aromatic carbocycles. The SMILES string of the molecule is Cc1cc(NC(=O)N[C@@H](C)c2ccc(Cl)s2)no1. The van der Waals surface area contributed by atoms with Gasteiger partial charge in [0.25, 0.3) is 0 Å². The summed E-state index contributed by atoms with van der Waals surface area (Å²) in [6.07, 6.45) is 0. The molecule has 0 fully saturated rings. The number of amides is 2. The van der Waals surface area contributed by atoms with E-state index in [2.05, 4.69) is 15.8 Å². The van der Waals surface area contributed by atoms with Gasteiger partial charge in [-0.15, -0.1) is 11.3 Å². The maximum Gasteiger partial charge on any atom is 0.320 e. The highest BCUT2D eigenvalue weighted by atomic mass is 35.5. The maximum atomic E-state index is 11.7. The third-order valence-electron chi connectivity index (χ3n) is 2.24. The Kier molecular flexibility index (Phi) is 3.88. The lowest BCUT2D eigenvalue weighted by Crippen LogP contribution is -2.30. The van der Waals surface area contributed by atoms with Crippen molar-refractivity contribution in [3.05, 3.63) is 33.2 Å². The van der Waals surface area contributed by atoms with Crippen LogP contribution in [0.3, 0.4) is 0 Å². The van der Waals surface area contributed by atoms with Gasteiger partial charge in [-0.2, -0.15) is 0 Å². The Bertz CT molecular complexity index is 552. The van der Waals surface area contributed by atoms with Crippen molar-refractivity contribution >= 4 is 34.8 Å². The van der Waals surface area contributed by atoms with E-state index in [1.807, 2.05) is 13.0 Å². The Morgan fingerprint density at radius 2 is 2.33 bits per heavy atom. The van der Waals surface area contributed by atoms with Gasteiger partial charge in [-0.05, 0) is 26.0 Å². The minimum atomic E-state index is -0.333. The number of urea groups is 1. The number of thiophene rings is 1. The molecular formula is C11H12ClN3O2S. The maximum absolute atomic E-state index is 11.7. The number of hydrogen-bond donors (Lipinski definition) is 2. The van der Waals surface area contributed by atoms with Crippen LogP contribution in [-0.2, 0) is 0 Å². The Labute approximate surface area is 113 Å². The molecule has 0 bridgehead atoms. The summed E-state index contributed by atoms with van der Waals surface area (Å²) < 4.78 is 5.55. The summed E-state index contributed by atoms with van der Waals surface area (Å²) in [6.45, 7) is 3.64. The minimum absolute atomic E-state index is 0.115. The molecule has 0 saturated carbocycles. The molecule has 2 N–H and O–H groups in total. The number of anilines is 1. The second-order valence-corrected chi connectivity index (χ2v) is 5.53. The van der Waals surface area contributed by atoms with Gasteiger partial charge in [0, 0.05) is 10.9 Å². The number of hydrogen-bond acceptors (Lipinski definition) is 4. The Balaban J connectivity index is 1.91. The predicted octanol–water partition coefficient (Wildman–Crippen LogP) is 3.58. The molecule has 1 atom stereocenters. The molecule has 0 aliphatic carbocycles. The third-order valence-corrected chi connectivity index (χ3v) is 3.65. The second-order valence-electron chi connectivity index (χ2n) is 3.78. The van der Waals surface area contributed by atoms with Gasteiger partial charge in [0.1, 0.15) is 5.76 Å². The van der Waals surface area contributed by atoms with Gasteiger partial charge in [0.2, 0.25) is 0 Å². The molecule has 0 spiro atoms. The van der Waals surface area contributed by atoms with E-state index in [0.29, 0.717) is 15.9 Å². The van der Waals surface area contributed by atoms with Crippen molar-refractivity contribution in [3.63, 3.8) is 0 Å². The smallest absolute Gasteiger partial charge is 0.320 e. The predicted molar refractivity (Wildman–Crippen MR) is 71.1 cm³/mol. The van der Waals surface area contributed by atoms with Crippen molar-refractivity contribution in [2.24, 2.45) is 0 Å². The summed E-state index contributed by atoms with van der Waals surface area (Å²) in [5.74, 6) is 1.03. The molecule has 7 heteroatoms. The van der Waals surface area contributed by atoms with Crippen LogP contribution in [0.1, 0.15) is 23.6 Å². The van der Waals surface area contributed by atoms with Crippen LogP contribution in [0.15, 0.2) is 22.7 Å². The number of rotatable bonds is 3. The van der Waals surface area contributed by atoms with Gasteiger partial charge in [-0.1, -0.05) is 16.8 Å². The average Bonchev–Trinajstić information content (AvgIpc) is 2.87. The lowest BCUT2D eigenvalue weighted by Gasteiger charge is -2.11. The molecule has 18 heavy (non-hydrogen) atoms. The van der Waals surface area contributed by atoms with E-state index in [1.54, 1.807) is 19.1 Å². The number of aryl methyl sites for hydroxylation is 1. The van der Waals surface area contributed by atoms with Gasteiger partial charge >= 0.3 is 6.03 Å². The zero-order chi connectivity index (χ0) is 13.1. The van der Waals surface area contributed by atoms with Crippen LogP contribution in [0, 0.1) is 6.92 Å². The van der Waals surface area contributed by atoms with Crippen LogP contribution < -0.4 is 10.6 Å². The fourth-order valence-electron chi connectivity index (χ4n) is 1.41. The lowest BCUT2D eigenvalue weighted by atomic mass is 10.3. The number of halogens is 1. The fourth-order valence-corrected chi connectivity index (χ4v) is 2.47. The van der Waals surface area contributed by atoms with Crippen molar-refractivity contribution in [1.29, 1.82) is 0 Å². The standard InChI is InChI=1S/C11H12ClN3O2S/c1-6-5-10(15-17-6)14-11(16)13-7(2)8-3-4-9(12)18-8/h3-5,7H,1-2H3,(H2,13,14,15,16)/t7-/m0/s1. The van der Waals surface area contributed by atoms with E-state index in [9.17, 15) is 4.79 Å². The first-order valence-electron chi connectivity index (χ1n) is 5.30. The molecule has 0 radical (unpaired) electrons. The van der Waals surface area contributed by atoms with Crippen molar-refractivity contribution in [3.8, 4) is 0 Å². The van der Waals surface area contributed by atoms with Crippen LogP contribution in [0.4, 0.5) is 10.6 Å². The summed E-state index contributed by atoms with van der Waals surface area (Å²) in [7, 11) is 0. The molecular weight excluding hydrogens is 274 g/mol. The normalized spacial score (nSPS) is 12.2. The van der Waals surface area contributed by atoms with Crippen LogP contribution in [0.25, 0.3) is 0 Å². The summed E-state index contributed by atoms with van der Waals surface area (Å²) in [5.41, 5.74) is 0. The van der Waals surface area contributed by atoms with E-state index in [4.69, 9.17) is 16.1 Å². The zero-order valence-corrected chi connectivity index (χ0v) is 11.4. The Morgan fingerprint density at radius 3 is 2.89 bits per heavy atom. The molecule has 5 nitrogen and oxygen atoms in total. The summed E-state index contributed by atoms with van der Waals surface area (Å²) >= 11 is 7.28. The molecule has 2 aromatic heterocycles. The molecule has 2 rings (SSSR count). The van der Waals surface area contributed by atoms with Gasteiger partial charge in [-0.3, -0.25) is 5.32 Å². The number of nitrogens with zero attached hydrogens (tertiary/aromatic N) is 1. The zero-order valence-electron chi connectivity index (χ0n) is 9.86. The van der Waals surface area contributed by atoms with Crippen molar-refractivity contribution in [1.82, 2.24) is 10.5 Å². The first kappa shape index (κ1) is 12.9. The quantitative estimate of drug-likeness (QED) is 0.906. The third kappa shape index (κ3) is 3.24. The number of carbonyl (C=O) groups is 1. The average molecular weight is 286 g/mol. The fraction of sp³-hybridized carbons (Fsp3) is 0.273. The number of carbonyl (C=O) groups excluding carboxylic acids is 1. The lowest BCUT2D eigenvalue weighted by molar-refractivity contribution is 0.249.